The Morgan fingerprint density at radius 1 is 1.44 bits per heavy atom. The van der Waals surface area contributed by atoms with Gasteiger partial charge < -0.3 is 10.1 Å². The SMILES string of the molecule is CCCNC(C)c1ccc(SCCOC)cc1Br. The molecule has 0 spiro atoms. The lowest BCUT2D eigenvalue weighted by molar-refractivity contribution is 0.218. The summed E-state index contributed by atoms with van der Waals surface area (Å²) in [5.74, 6) is 0.992. The minimum atomic E-state index is 0.386. The highest BCUT2D eigenvalue weighted by molar-refractivity contribution is 9.10. The Kier molecular flexibility index (Phi) is 7.98. The fourth-order valence-electron chi connectivity index (χ4n) is 1.66. The third-order valence-electron chi connectivity index (χ3n) is 2.70. The molecule has 0 bridgehead atoms. The van der Waals surface area contributed by atoms with Gasteiger partial charge in [-0.15, -0.1) is 11.8 Å². The first-order valence-corrected chi connectivity index (χ1v) is 8.11. The van der Waals surface area contributed by atoms with Crippen molar-refractivity contribution in [3.63, 3.8) is 0 Å². The summed E-state index contributed by atoms with van der Waals surface area (Å²) in [6.45, 7) is 6.23. The summed E-state index contributed by atoms with van der Waals surface area (Å²) >= 11 is 5.49. The first-order valence-electron chi connectivity index (χ1n) is 6.33. The number of benzene rings is 1. The van der Waals surface area contributed by atoms with Crippen LogP contribution >= 0.6 is 27.7 Å². The fraction of sp³-hybridized carbons (Fsp3) is 0.571. The monoisotopic (exact) mass is 331 g/mol. The van der Waals surface area contributed by atoms with Crippen LogP contribution in [0.3, 0.4) is 0 Å². The van der Waals surface area contributed by atoms with Crippen molar-refractivity contribution in [1.82, 2.24) is 5.32 Å². The van der Waals surface area contributed by atoms with Crippen LogP contribution in [0.4, 0.5) is 0 Å². The first-order chi connectivity index (χ1) is 8.69. The number of rotatable bonds is 8. The van der Waals surface area contributed by atoms with E-state index in [1.54, 1.807) is 7.11 Å². The van der Waals surface area contributed by atoms with Crippen molar-refractivity contribution in [2.75, 3.05) is 26.0 Å². The molecule has 0 radical (unpaired) electrons. The number of hydrogen-bond acceptors (Lipinski definition) is 3. The van der Waals surface area contributed by atoms with Crippen molar-refractivity contribution >= 4 is 27.7 Å². The van der Waals surface area contributed by atoms with Crippen LogP contribution in [0, 0.1) is 0 Å². The van der Waals surface area contributed by atoms with Gasteiger partial charge in [0.1, 0.15) is 0 Å². The Bertz CT molecular complexity index is 360. The highest BCUT2D eigenvalue weighted by atomic mass is 79.9. The van der Waals surface area contributed by atoms with Crippen LogP contribution in [0.1, 0.15) is 31.9 Å². The third-order valence-corrected chi connectivity index (χ3v) is 4.34. The third kappa shape index (κ3) is 5.31. The summed E-state index contributed by atoms with van der Waals surface area (Å²) < 4.78 is 6.24. The number of hydrogen-bond donors (Lipinski definition) is 1. The van der Waals surface area contributed by atoms with Crippen LogP contribution in [-0.2, 0) is 4.74 Å². The average Bonchev–Trinajstić information content (AvgIpc) is 2.36. The highest BCUT2D eigenvalue weighted by Crippen LogP contribution is 2.28. The van der Waals surface area contributed by atoms with Crippen LogP contribution < -0.4 is 5.32 Å². The van der Waals surface area contributed by atoms with E-state index >= 15 is 0 Å². The standard InChI is InChI=1S/C14H22BrNOS/c1-4-7-16-11(2)13-6-5-12(10-14(13)15)18-9-8-17-3/h5-6,10-11,16H,4,7-9H2,1-3H3. The summed E-state index contributed by atoms with van der Waals surface area (Å²) in [7, 11) is 1.74. The molecule has 0 aliphatic rings. The molecule has 0 fully saturated rings. The summed E-state index contributed by atoms with van der Waals surface area (Å²) in [6.07, 6.45) is 1.16. The molecule has 0 saturated carbocycles. The molecule has 18 heavy (non-hydrogen) atoms. The van der Waals surface area contributed by atoms with Gasteiger partial charge in [-0.25, -0.2) is 0 Å². The molecule has 1 rings (SSSR count). The van der Waals surface area contributed by atoms with Crippen molar-refractivity contribution in [3.8, 4) is 0 Å². The van der Waals surface area contributed by atoms with Gasteiger partial charge in [0, 0.05) is 28.3 Å². The number of methoxy groups -OCH3 is 1. The predicted molar refractivity (Wildman–Crippen MR) is 83.5 cm³/mol. The molecular formula is C14H22BrNOS. The second-order valence-electron chi connectivity index (χ2n) is 4.20. The van der Waals surface area contributed by atoms with E-state index in [4.69, 9.17) is 4.74 Å². The van der Waals surface area contributed by atoms with Gasteiger partial charge in [-0.05, 0) is 37.6 Å². The average molecular weight is 332 g/mol. The topological polar surface area (TPSA) is 21.3 Å². The number of halogens is 1. The van der Waals surface area contributed by atoms with Gasteiger partial charge >= 0.3 is 0 Å². The van der Waals surface area contributed by atoms with E-state index in [0.29, 0.717) is 6.04 Å². The highest BCUT2D eigenvalue weighted by Gasteiger charge is 2.09. The fourth-order valence-corrected chi connectivity index (χ4v) is 3.39. The van der Waals surface area contributed by atoms with E-state index in [0.717, 1.165) is 25.3 Å². The Balaban J connectivity index is 2.61. The number of ether oxygens (including phenoxy) is 1. The Morgan fingerprint density at radius 2 is 2.22 bits per heavy atom. The lowest BCUT2D eigenvalue weighted by Crippen LogP contribution is -2.19. The molecule has 0 aliphatic carbocycles. The Hall–Kier alpha value is -0.0300. The molecule has 0 heterocycles. The van der Waals surface area contributed by atoms with Crippen molar-refractivity contribution < 1.29 is 4.74 Å². The maximum atomic E-state index is 5.06. The molecule has 1 aromatic rings. The maximum absolute atomic E-state index is 5.06. The normalized spacial score (nSPS) is 12.7. The minimum Gasteiger partial charge on any atom is -0.384 e. The van der Waals surface area contributed by atoms with Crippen LogP contribution in [0.5, 0.6) is 0 Å². The van der Waals surface area contributed by atoms with Crippen LogP contribution in [0.15, 0.2) is 27.6 Å². The quantitative estimate of drug-likeness (QED) is 0.568. The molecule has 0 amide bonds. The smallest absolute Gasteiger partial charge is 0.0556 e. The largest absolute Gasteiger partial charge is 0.384 e. The second-order valence-corrected chi connectivity index (χ2v) is 6.22. The van der Waals surface area contributed by atoms with Crippen molar-refractivity contribution in [3.05, 3.63) is 28.2 Å². The van der Waals surface area contributed by atoms with Crippen LogP contribution in [-0.4, -0.2) is 26.0 Å². The number of thioether (sulfide) groups is 1. The maximum Gasteiger partial charge on any atom is 0.0556 e. The van der Waals surface area contributed by atoms with Crippen LogP contribution in [0.25, 0.3) is 0 Å². The lowest BCUT2D eigenvalue weighted by atomic mass is 10.1. The lowest BCUT2D eigenvalue weighted by Gasteiger charge is -2.16. The van der Waals surface area contributed by atoms with Crippen molar-refractivity contribution in [2.45, 2.75) is 31.2 Å². The molecule has 1 N–H and O–H groups in total. The van der Waals surface area contributed by atoms with Gasteiger partial charge in [-0.2, -0.15) is 0 Å². The van der Waals surface area contributed by atoms with Crippen LogP contribution in [0.2, 0.25) is 0 Å². The zero-order chi connectivity index (χ0) is 13.4. The molecule has 0 aromatic heterocycles. The molecule has 1 aromatic carbocycles. The van der Waals surface area contributed by atoms with Gasteiger partial charge in [0.25, 0.3) is 0 Å². The van der Waals surface area contributed by atoms with Crippen molar-refractivity contribution in [2.24, 2.45) is 0 Å². The van der Waals surface area contributed by atoms with Gasteiger partial charge in [-0.1, -0.05) is 28.9 Å². The number of nitrogens with one attached hydrogen (secondary N) is 1. The van der Waals surface area contributed by atoms with E-state index in [1.165, 1.54) is 14.9 Å². The molecule has 1 atom stereocenters. The molecule has 0 aliphatic heterocycles. The zero-order valence-corrected chi connectivity index (χ0v) is 13.7. The molecule has 0 saturated heterocycles. The molecule has 1 unspecified atom stereocenters. The Labute approximate surface area is 123 Å². The molecule has 102 valence electrons. The summed E-state index contributed by atoms with van der Waals surface area (Å²) in [6, 6.07) is 6.97. The van der Waals surface area contributed by atoms with Gasteiger partial charge in [0.2, 0.25) is 0 Å². The summed E-state index contributed by atoms with van der Waals surface area (Å²) in [4.78, 5) is 1.28. The molecular weight excluding hydrogens is 310 g/mol. The summed E-state index contributed by atoms with van der Waals surface area (Å²) in [5, 5.41) is 3.50. The van der Waals surface area contributed by atoms with Crippen molar-refractivity contribution in [1.29, 1.82) is 0 Å². The Morgan fingerprint density at radius 3 is 2.83 bits per heavy atom. The zero-order valence-electron chi connectivity index (χ0n) is 11.3. The first kappa shape index (κ1) is 16.0. The van der Waals surface area contributed by atoms with E-state index in [9.17, 15) is 0 Å². The van der Waals surface area contributed by atoms with E-state index in [1.807, 2.05) is 11.8 Å². The predicted octanol–water partition coefficient (Wildman–Crippen LogP) is 4.25. The second kappa shape index (κ2) is 8.97. The van der Waals surface area contributed by atoms with E-state index in [2.05, 4.69) is 53.3 Å². The van der Waals surface area contributed by atoms with Gasteiger partial charge in [0.05, 0.1) is 6.61 Å². The molecule has 2 nitrogen and oxygen atoms in total. The van der Waals surface area contributed by atoms with Gasteiger partial charge in [0.15, 0.2) is 0 Å². The van der Waals surface area contributed by atoms with Gasteiger partial charge in [-0.3, -0.25) is 0 Å². The minimum absolute atomic E-state index is 0.386. The molecule has 4 heteroatoms. The van der Waals surface area contributed by atoms with E-state index < -0.39 is 0 Å². The summed E-state index contributed by atoms with van der Waals surface area (Å²) in [5.41, 5.74) is 1.32. The van der Waals surface area contributed by atoms with E-state index in [-0.39, 0.29) is 0 Å².